The van der Waals surface area contributed by atoms with Crippen molar-refractivity contribution >= 4 is 11.0 Å². The van der Waals surface area contributed by atoms with Gasteiger partial charge in [-0.15, -0.1) is 0 Å². The van der Waals surface area contributed by atoms with Gasteiger partial charge in [0.1, 0.15) is 5.76 Å². The lowest BCUT2D eigenvalue weighted by molar-refractivity contribution is -0.137. The molecule has 0 fully saturated rings. The van der Waals surface area contributed by atoms with E-state index in [1.165, 1.54) is 6.26 Å². The number of fused-ring (bicyclic) bond motifs is 1. The Morgan fingerprint density at radius 2 is 1.95 bits per heavy atom. The summed E-state index contributed by atoms with van der Waals surface area (Å²) in [4.78, 5) is 25.8. The molecule has 0 saturated heterocycles. The predicted octanol–water partition coefficient (Wildman–Crippen LogP) is 2.35. The van der Waals surface area contributed by atoms with Gasteiger partial charge in [0.05, 0.1) is 29.4 Å². The molecule has 0 aliphatic rings. The summed E-state index contributed by atoms with van der Waals surface area (Å²) in [7, 11) is 0. The molecule has 22 heavy (non-hydrogen) atoms. The Morgan fingerprint density at radius 3 is 2.59 bits per heavy atom. The topological polar surface area (TPSA) is 68.0 Å². The van der Waals surface area contributed by atoms with Crippen LogP contribution in [0, 0.1) is 0 Å². The Labute approximate surface area is 120 Å². The Kier molecular flexibility index (Phi) is 3.16. The van der Waals surface area contributed by atoms with Crippen LogP contribution in [0.2, 0.25) is 0 Å². The summed E-state index contributed by atoms with van der Waals surface area (Å²) >= 11 is 0. The first kappa shape index (κ1) is 14.2. The van der Waals surface area contributed by atoms with E-state index in [2.05, 4.69) is 4.98 Å². The minimum Gasteiger partial charge on any atom is -0.467 e. The Balaban J connectivity index is 2.24. The lowest BCUT2D eigenvalue weighted by Gasteiger charge is -2.11. The molecule has 0 atom stereocenters. The number of alkyl halides is 3. The highest BCUT2D eigenvalue weighted by atomic mass is 19.4. The average molecular weight is 310 g/mol. The Bertz CT molecular complexity index is 937. The van der Waals surface area contributed by atoms with Gasteiger partial charge in [-0.25, -0.2) is 0 Å². The van der Waals surface area contributed by atoms with Crippen LogP contribution in [-0.4, -0.2) is 9.55 Å². The SMILES string of the molecule is O=c1[nH]c2cc(C(F)(F)F)ccc2n(Cc2ccco2)c1=O. The minimum atomic E-state index is -4.53. The van der Waals surface area contributed by atoms with Gasteiger partial charge in [0.25, 0.3) is 0 Å². The molecule has 5 nitrogen and oxygen atoms in total. The van der Waals surface area contributed by atoms with Gasteiger partial charge in [0, 0.05) is 0 Å². The fourth-order valence-electron chi connectivity index (χ4n) is 2.17. The molecular formula is C14H9F3N2O3. The molecule has 0 aliphatic carbocycles. The molecule has 2 aromatic heterocycles. The Hall–Kier alpha value is -2.77. The minimum absolute atomic E-state index is 0.0440. The van der Waals surface area contributed by atoms with E-state index in [1.807, 2.05) is 0 Å². The number of nitrogens with one attached hydrogen (secondary N) is 1. The van der Waals surface area contributed by atoms with Crippen molar-refractivity contribution in [2.24, 2.45) is 0 Å². The third-order valence-electron chi connectivity index (χ3n) is 3.20. The predicted molar refractivity (Wildman–Crippen MR) is 71.6 cm³/mol. The van der Waals surface area contributed by atoms with Gasteiger partial charge in [-0.2, -0.15) is 13.2 Å². The van der Waals surface area contributed by atoms with Crippen LogP contribution in [0.25, 0.3) is 11.0 Å². The van der Waals surface area contributed by atoms with Gasteiger partial charge < -0.3 is 9.40 Å². The van der Waals surface area contributed by atoms with E-state index in [9.17, 15) is 22.8 Å². The molecule has 3 rings (SSSR count). The van der Waals surface area contributed by atoms with E-state index < -0.39 is 22.9 Å². The second-order valence-corrected chi connectivity index (χ2v) is 4.65. The Morgan fingerprint density at radius 1 is 1.18 bits per heavy atom. The number of benzene rings is 1. The average Bonchev–Trinajstić information content (AvgIpc) is 2.95. The van der Waals surface area contributed by atoms with E-state index >= 15 is 0 Å². The lowest BCUT2D eigenvalue weighted by atomic mass is 10.2. The van der Waals surface area contributed by atoms with Crippen LogP contribution in [0.1, 0.15) is 11.3 Å². The van der Waals surface area contributed by atoms with Crippen LogP contribution >= 0.6 is 0 Å². The van der Waals surface area contributed by atoms with Crippen molar-refractivity contribution < 1.29 is 17.6 Å². The van der Waals surface area contributed by atoms with E-state index in [-0.39, 0.29) is 17.6 Å². The summed E-state index contributed by atoms with van der Waals surface area (Å²) < 4.78 is 44.4. The summed E-state index contributed by atoms with van der Waals surface area (Å²) in [5.74, 6) is 0.411. The first-order chi connectivity index (χ1) is 10.4. The normalized spacial score (nSPS) is 12.0. The molecule has 0 aliphatic heterocycles. The molecule has 0 radical (unpaired) electrons. The van der Waals surface area contributed by atoms with Crippen LogP contribution in [0.3, 0.4) is 0 Å². The van der Waals surface area contributed by atoms with Gasteiger partial charge in [0.15, 0.2) is 0 Å². The van der Waals surface area contributed by atoms with Gasteiger partial charge in [-0.3, -0.25) is 14.2 Å². The largest absolute Gasteiger partial charge is 0.467 e. The summed E-state index contributed by atoms with van der Waals surface area (Å²) in [6.45, 7) is -0.0440. The van der Waals surface area contributed by atoms with E-state index in [1.54, 1.807) is 12.1 Å². The molecule has 0 unspecified atom stereocenters. The smallest absolute Gasteiger partial charge is 0.416 e. The van der Waals surface area contributed by atoms with Crippen LogP contribution in [-0.2, 0) is 12.7 Å². The molecule has 0 spiro atoms. The zero-order valence-electron chi connectivity index (χ0n) is 11.0. The second kappa shape index (κ2) is 4.90. The third kappa shape index (κ3) is 2.43. The molecule has 3 aromatic rings. The maximum absolute atomic E-state index is 12.7. The molecule has 1 N–H and O–H groups in total. The summed E-state index contributed by atoms with van der Waals surface area (Å²) in [5.41, 5.74) is -2.62. The number of aromatic nitrogens is 2. The molecule has 0 bridgehead atoms. The van der Waals surface area contributed by atoms with Gasteiger partial charge in [-0.05, 0) is 30.3 Å². The van der Waals surface area contributed by atoms with Gasteiger partial charge in [-0.1, -0.05) is 0 Å². The standard InChI is InChI=1S/C14H9F3N2O3/c15-14(16,17)8-3-4-11-10(6-8)18-12(20)13(21)19(11)7-9-2-1-5-22-9/h1-6H,7H2,(H,18,20). The van der Waals surface area contributed by atoms with Gasteiger partial charge >= 0.3 is 17.3 Å². The lowest BCUT2D eigenvalue weighted by Crippen LogP contribution is -2.36. The highest BCUT2D eigenvalue weighted by Gasteiger charge is 2.30. The highest BCUT2D eigenvalue weighted by Crippen LogP contribution is 2.30. The van der Waals surface area contributed by atoms with Crippen molar-refractivity contribution in [2.45, 2.75) is 12.7 Å². The van der Waals surface area contributed by atoms with Crippen LogP contribution in [0.5, 0.6) is 0 Å². The fraction of sp³-hybridized carbons (Fsp3) is 0.143. The maximum Gasteiger partial charge on any atom is 0.416 e. The summed E-state index contributed by atoms with van der Waals surface area (Å²) in [6, 6.07) is 6.02. The van der Waals surface area contributed by atoms with E-state index in [0.717, 1.165) is 22.8 Å². The molecule has 0 saturated carbocycles. The number of rotatable bonds is 2. The summed E-state index contributed by atoms with van der Waals surface area (Å²) in [6.07, 6.45) is -3.13. The van der Waals surface area contributed by atoms with Crippen LogP contribution < -0.4 is 11.1 Å². The zero-order valence-corrected chi connectivity index (χ0v) is 11.0. The number of hydrogen-bond acceptors (Lipinski definition) is 3. The van der Waals surface area contributed by atoms with Crippen molar-refractivity contribution in [1.29, 1.82) is 0 Å². The van der Waals surface area contributed by atoms with E-state index in [0.29, 0.717) is 5.76 Å². The van der Waals surface area contributed by atoms with Crippen LogP contribution in [0.15, 0.2) is 50.6 Å². The number of H-pyrrole nitrogens is 1. The quantitative estimate of drug-likeness (QED) is 0.739. The number of hydrogen-bond donors (Lipinski definition) is 1. The number of halogens is 3. The molecule has 114 valence electrons. The first-order valence-corrected chi connectivity index (χ1v) is 6.23. The number of aromatic amines is 1. The highest BCUT2D eigenvalue weighted by molar-refractivity contribution is 5.75. The maximum atomic E-state index is 12.7. The molecule has 1 aromatic carbocycles. The molecule has 2 heterocycles. The van der Waals surface area contributed by atoms with Crippen molar-refractivity contribution in [3.8, 4) is 0 Å². The zero-order chi connectivity index (χ0) is 15.9. The molecule has 8 heteroatoms. The summed E-state index contributed by atoms with van der Waals surface area (Å²) in [5, 5.41) is 0. The van der Waals surface area contributed by atoms with Crippen LogP contribution in [0.4, 0.5) is 13.2 Å². The monoisotopic (exact) mass is 310 g/mol. The van der Waals surface area contributed by atoms with Gasteiger partial charge in [0.2, 0.25) is 0 Å². The number of nitrogens with zero attached hydrogens (tertiary/aromatic N) is 1. The third-order valence-corrected chi connectivity index (χ3v) is 3.20. The number of furan rings is 1. The van der Waals surface area contributed by atoms with Crippen molar-refractivity contribution in [1.82, 2.24) is 9.55 Å². The molecular weight excluding hydrogens is 301 g/mol. The van der Waals surface area contributed by atoms with Crippen molar-refractivity contribution in [3.05, 3.63) is 68.6 Å². The van der Waals surface area contributed by atoms with Crippen molar-refractivity contribution in [3.63, 3.8) is 0 Å². The van der Waals surface area contributed by atoms with E-state index in [4.69, 9.17) is 4.42 Å². The fourth-order valence-corrected chi connectivity index (χ4v) is 2.17. The van der Waals surface area contributed by atoms with Crippen molar-refractivity contribution in [2.75, 3.05) is 0 Å². The second-order valence-electron chi connectivity index (χ2n) is 4.65. The molecule has 0 amide bonds. The first-order valence-electron chi connectivity index (χ1n) is 6.23.